The van der Waals surface area contributed by atoms with Gasteiger partial charge in [-0.05, 0) is 36.8 Å². The first-order valence-electron chi connectivity index (χ1n) is 5.92. The number of benzene rings is 2. The Bertz CT molecular complexity index is 718. The number of rotatable bonds is 3. The molecule has 0 aliphatic carbocycles. The van der Waals surface area contributed by atoms with Gasteiger partial charge in [0.2, 0.25) is 0 Å². The minimum Gasteiger partial charge on any atom is -0.478 e. The zero-order valence-electron chi connectivity index (χ0n) is 10.8. The van der Waals surface area contributed by atoms with Crippen LogP contribution in [0, 0.1) is 18.3 Å². The van der Waals surface area contributed by atoms with E-state index in [4.69, 9.17) is 11.0 Å². The number of aromatic carboxylic acids is 1. The third-order valence-electron chi connectivity index (χ3n) is 2.95. The van der Waals surface area contributed by atoms with Crippen molar-refractivity contribution in [2.45, 2.75) is 6.92 Å². The van der Waals surface area contributed by atoms with Crippen molar-refractivity contribution in [1.82, 2.24) is 0 Å². The van der Waals surface area contributed by atoms with Gasteiger partial charge in [-0.2, -0.15) is 5.26 Å². The minimum atomic E-state index is -1.06. The number of hydrogen-bond donors (Lipinski definition) is 3. The minimum absolute atomic E-state index is 0.0896. The standard InChI is InChI=1S/C15H13N3O2/c1-9-5-6-10(8-16)7-13(9)18-14-11(15(19)20)3-2-4-12(14)17/h2-7,18H,17H2,1H3,(H,19,20). The van der Waals surface area contributed by atoms with Crippen LogP contribution in [0.2, 0.25) is 0 Å². The molecule has 0 spiro atoms. The van der Waals surface area contributed by atoms with E-state index in [0.29, 0.717) is 22.6 Å². The number of carbonyl (C=O) groups is 1. The summed E-state index contributed by atoms with van der Waals surface area (Å²) in [5.41, 5.74) is 8.64. The Balaban J connectivity index is 2.50. The molecular formula is C15H13N3O2. The van der Waals surface area contributed by atoms with Crippen molar-refractivity contribution in [2.75, 3.05) is 11.1 Å². The molecule has 2 aromatic carbocycles. The molecule has 5 heteroatoms. The van der Waals surface area contributed by atoms with Crippen molar-refractivity contribution in [3.63, 3.8) is 0 Å². The van der Waals surface area contributed by atoms with E-state index in [1.807, 2.05) is 13.0 Å². The first-order valence-corrected chi connectivity index (χ1v) is 5.92. The number of anilines is 3. The second kappa shape index (κ2) is 5.33. The highest BCUT2D eigenvalue weighted by molar-refractivity contribution is 5.99. The van der Waals surface area contributed by atoms with Crippen LogP contribution in [0.3, 0.4) is 0 Å². The molecule has 0 aliphatic heterocycles. The number of aryl methyl sites for hydroxylation is 1. The van der Waals surface area contributed by atoms with Gasteiger partial charge in [0.1, 0.15) is 0 Å². The first kappa shape index (κ1) is 13.4. The van der Waals surface area contributed by atoms with Crippen LogP contribution in [0.4, 0.5) is 17.1 Å². The third kappa shape index (κ3) is 2.54. The number of nitrogens with one attached hydrogen (secondary N) is 1. The fourth-order valence-electron chi connectivity index (χ4n) is 1.85. The summed E-state index contributed by atoms with van der Waals surface area (Å²) in [6.45, 7) is 1.86. The lowest BCUT2D eigenvalue weighted by Crippen LogP contribution is -2.06. The fraction of sp³-hybridized carbons (Fsp3) is 0.0667. The largest absolute Gasteiger partial charge is 0.478 e. The Morgan fingerprint density at radius 3 is 2.75 bits per heavy atom. The predicted octanol–water partition coefficient (Wildman–Crippen LogP) is 2.89. The number of nitriles is 1. The number of nitrogens with two attached hydrogens (primary N) is 1. The van der Waals surface area contributed by atoms with Crippen LogP contribution < -0.4 is 11.1 Å². The van der Waals surface area contributed by atoms with Crippen molar-refractivity contribution in [3.8, 4) is 6.07 Å². The highest BCUT2D eigenvalue weighted by Gasteiger charge is 2.13. The van der Waals surface area contributed by atoms with Gasteiger partial charge in [0.25, 0.3) is 0 Å². The molecule has 4 N–H and O–H groups in total. The molecule has 0 saturated carbocycles. The van der Waals surface area contributed by atoms with Gasteiger partial charge in [0, 0.05) is 5.69 Å². The maximum Gasteiger partial charge on any atom is 0.337 e. The smallest absolute Gasteiger partial charge is 0.337 e. The number of para-hydroxylation sites is 1. The van der Waals surface area contributed by atoms with Crippen molar-refractivity contribution in [3.05, 3.63) is 53.1 Å². The van der Waals surface area contributed by atoms with Crippen LogP contribution in [0.25, 0.3) is 0 Å². The first-order chi connectivity index (χ1) is 9.52. The summed E-state index contributed by atoms with van der Waals surface area (Å²) in [5.74, 6) is -1.06. The van der Waals surface area contributed by atoms with E-state index in [0.717, 1.165) is 5.56 Å². The molecule has 100 valence electrons. The molecule has 0 radical (unpaired) electrons. The summed E-state index contributed by atoms with van der Waals surface area (Å²) >= 11 is 0. The topological polar surface area (TPSA) is 99.1 Å². The number of hydrogen-bond acceptors (Lipinski definition) is 4. The van der Waals surface area contributed by atoms with Crippen LogP contribution in [0.1, 0.15) is 21.5 Å². The molecule has 0 atom stereocenters. The molecule has 0 amide bonds. The summed E-state index contributed by atoms with van der Waals surface area (Å²) in [6, 6.07) is 11.9. The molecule has 0 saturated heterocycles. The maximum atomic E-state index is 11.2. The van der Waals surface area contributed by atoms with E-state index < -0.39 is 5.97 Å². The van der Waals surface area contributed by atoms with Crippen molar-refractivity contribution in [2.24, 2.45) is 0 Å². The third-order valence-corrected chi connectivity index (χ3v) is 2.95. The zero-order valence-corrected chi connectivity index (χ0v) is 10.8. The Morgan fingerprint density at radius 1 is 1.35 bits per heavy atom. The van der Waals surface area contributed by atoms with E-state index in [2.05, 4.69) is 5.32 Å². The maximum absolute atomic E-state index is 11.2. The summed E-state index contributed by atoms with van der Waals surface area (Å²) < 4.78 is 0. The SMILES string of the molecule is Cc1ccc(C#N)cc1Nc1c(N)cccc1C(=O)O. The van der Waals surface area contributed by atoms with E-state index in [-0.39, 0.29) is 5.56 Å². The summed E-state index contributed by atoms with van der Waals surface area (Å²) in [7, 11) is 0. The van der Waals surface area contributed by atoms with Gasteiger partial charge in [-0.1, -0.05) is 12.1 Å². The second-order valence-electron chi connectivity index (χ2n) is 4.34. The molecular weight excluding hydrogens is 254 g/mol. The van der Waals surface area contributed by atoms with Crippen molar-refractivity contribution in [1.29, 1.82) is 5.26 Å². The highest BCUT2D eigenvalue weighted by atomic mass is 16.4. The molecule has 0 aromatic heterocycles. The molecule has 0 fully saturated rings. The highest BCUT2D eigenvalue weighted by Crippen LogP contribution is 2.29. The number of carboxylic acid groups (broad SMARTS) is 1. The molecule has 20 heavy (non-hydrogen) atoms. The van der Waals surface area contributed by atoms with Crippen LogP contribution in [0.15, 0.2) is 36.4 Å². The molecule has 5 nitrogen and oxygen atoms in total. The Kier molecular flexibility index (Phi) is 3.58. The Morgan fingerprint density at radius 2 is 2.10 bits per heavy atom. The lowest BCUT2D eigenvalue weighted by atomic mass is 10.1. The van der Waals surface area contributed by atoms with Crippen molar-refractivity contribution >= 4 is 23.0 Å². The van der Waals surface area contributed by atoms with Gasteiger partial charge in [0.05, 0.1) is 28.6 Å². The normalized spacial score (nSPS) is 9.80. The Hall–Kier alpha value is -3.00. The van der Waals surface area contributed by atoms with Crippen molar-refractivity contribution < 1.29 is 9.90 Å². The van der Waals surface area contributed by atoms with Crippen LogP contribution in [-0.4, -0.2) is 11.1 Å². The quantitative estimate of drug-likeness (QED) is 0.742. The van der Waals surface area contributed by atoms with Gasteiger partial charge < -0.3 is 16.2 Å². The number of nitrogen functional groups attached to an aromatic ring is 1. The molecule has 0 unspecified atom stereocenters. The average molecular weight is 267 g/mol. The van der Waals surface area contributed by atoms with Crippen LogP contribution in [-0.2, 0) is 0 Å². The van der Waals surface area contributed by atoms with Gasteiger partial charge in [-0.3, -0.25) is 0 Å². The summed E-state index contributed by atoms with van der Waals surface area (Å²) in [6.07, 6.45) is 0. The molecule has 2 rings (SSSR count). The van der Waals surface area contributed by atoms with Gasteiger partial charge in [-0.25, -0.2) is 4.79 Å². The molecule has 2 aromatic rings. The molecule has 0 bridgehead atoms. The van der Waals surface area contributed by atoms with E-state index in [1.54, 1.807) is 30.3 Å². The van der Waals surface area contributed by atoms with Crippen LogP contribution in [0.5, 0.6) is 0 Å². The van der Waals surface area contributed by atoms with E-state index in [9.17, 15) is 9.90 Å². The van der Waals surface area contributed by atoms with E-state index in [1.165, 1.54) is 6.07 Å². The lowest BCUT2D eigenvalue weighted by molar-refractivity contribution is 0.0698. The Labute approximate surface area is 116 Å². The monoisotopic (exact) mass is 267 g/mol. The number of carboxylic acids is 1. The van der Waals surface area contributed by atoms with Gasteiger partial charge in [-0.15, -0.1) is 0 Å². The van der Waals surface area contributed by atoms with Crippen LogP contribution >= 0.6 is 0 Å². The van der Waals surface area contributed by atoms with E-state index >= 15 is 0 Å². The predicted molar refractivity (Wildman–Crippen MR) is 77.0 cm³/mol. The van der Waals surface area contributed by atoms with Gasteiger partial charge in [0.15, 0.2) is 0 Å². The number of nitrogens with zero attached hydrogens (tertiary/aromatic N) is 1. The molecule has 0 heterocycles. The second-order valence-corrected chi connectivity index (χ2v) is 4.34. The zero-order chi connectivity index (χ0) is 14.7. The fourth-order valence-corrected chi connectivity index (χ4v) is 1.85. The summed E-state index contributed by atoms with van der Waals surface area (Å²) in [5, 5.41) is 21.1. The summed E-state index contributed by atoms with van der Waals surface area (Å²) in [4.78, 5) is 11.2. The molecule has 0 aliphatic rings. The average Bonchev–Trinajstić information content (AvgIpc) is 2.43. The van der Waals surface area contributed by atoms with Gasteiger partial charge >= 0.3 is 5.97 Å². The lowest BCUT2D eigenvalue weighted by Gasteiger charge is -2.14.